The smallest absolute Gasteiger partial charge is 0.268 e. The first-order valence-corrected chi connectivity index (χ1v) is 12.5. The molecule has 2 saturated carbocycles. The summed E-state index contributed by atoms with van der Waals surface area (Å²) in [5.41, 5.74) is 2.83. The Balaban J connectivity index is 1.32. The van der Waals surface area contributed by atoms with Gasteiger partial charge in [-0.2, -0.15) is 0 Å². The van der Waals surface area contributed by atoms with Crippen LogP contribution in [0.2, 0.25) is 0 Å². The summed E-state index contributed by atoms with van der Waals surface area (Å²) in [6.45, 7) is 2.14. The fourth-order valence-corrected chi connectivity index (χ4v) is 7.60. The second-order valence-electron chi connectivity index (χ2n) is 10.8. The third-order valence-corrected chi connectivity index (χ3v) is 9.12. The molecule has 2 aromatic rings. The van der Waals surface area contributed by atoms with Crippen LogP contribution in [0.5, 0.6) is 11.5 Å². The standard InChI is InChI=1S/C26H30N4O4/c31-13-28-19-11-21(32)15-10-20-16-5-6-17(29-25(33)18-2-1-8-27-18)24-26(16,22(15)23(19)34-24)7-9-30(20)12-14-3-4-14/h1-2,8,11,13-14,16-17,20,24,27,32H,3-7,9-10,12H2,(H,28,31)(H,29,33)/t16-,17+,20+,24-,26-/m0/s1. The molecule has 3 aliphatic carbocycles. The maximum atomic E-state index is 13.0. The molecule has 0 unspecified atom stereocenters. The third-order valence-electron chi connectivity index (χ3n) is 9.12. The maximum absolute atomic E-state index is 13.0. The van der Waals surface area contributed by atoms with E-state index in [1.54, 1.807) is 18.3 Å². The minimum absolute atomic E-state index is 0.128. The molecule has 5 atom stereocenters. The number of H-pyrrole nitrogens is 1. The summed E-state index contributed by atoms with van der Waals surface area (Å²) < 4.78 is 6.70. The summed E-state index contributed by atoms with van der Waals surface area (Å²) in [7, 11) is 0. The van der Waals surface area contributed by atoms with E-state index in [1.807, 2.05) is 6.07 Å². The predicted octanol–water partition coefficient (Wildman–Crippen LogP) is 2.54. The Morgan fingerprint density at radius 1 is 1.32 bits per heavy atom. The van der Waals surface area contributed by atoms with Crippen molar-refractivity contribution < 1.29 is 19.4 Å². The van der Waals surface area contributed by atoms with Crippen LogP contribution in [0.4, 0.5) is 5.69 Å². The Bertz CT molecular complexity index is 1160. The first kappa shape index (κ1) is 20.4. The lowest BCUT2D eigenvalue weighted by Crippen LogP contribution is -2.69. The SMILES string of the molecule is O=CNc1cc(O)c2c3c1O[C@H]1[C@H](NC(=O)c4ccc[nH]4)CC[C@H]4[C@@H](C2)N(CC2CC2)CC[C@@]341. The van der Waals surface area contributed by atoms with Crippen molar-refractivity contribution in [2.75, 3.05) is 18.4 Å². The number of nitrogens with zero attached hydrogens (tertiary/aromatic N) is 1. The lowest BCUT2D eigenvalue weighted by atomic mass is 9.51. The van der Waals surface area contributed by atoms with Crippen LogP contribution in [0.3, 0.4) is 0 Å². The minimum atomic E-state index is -0.266. The number of ether oxygens (including phenoxy) is 1. The molecule has 1 saturated heterocycles. The number of rotatable bonds is 6. The molecule has 7 rings (SSSR count). The first-order chi connectivity index (χ1) is 16.6. The molecule has 3 heterocycles. The lowest BCUT2D eigenvalue weighted by Gasteiger charge is -2.59. The molecule has 1 aromatic carbocycles. The van der Waals surface area contributed by atoms with Gasteiger partial charge in [0.1, 0.15) is 23.3 Å². The van der Waals surface area contributed by atoms with E-state index in [2.05, 4.69) is 20.5 Å². The molecule has 2 aliphatic heterocycles. The summed E-state index contributed by atoms with van der Waals surface area (Å²) in [6, 6.07) is 5.45. The Morgan fingerprint density at radius 3 is 2.97 bits per heavy atom. The number of carbonyl (C=O) groups excluding carboxylic acids is 2. The van der Waals surface area contributed by atoms with Crippen molar-refractivity contribution in [1.29, 1.82) is 0 Å². The average molecular weight is 463 g/mol. The van der Waals surface area contributed by atoms with Gasteiger partial charge in [-0.3, -0.25) is 14.5 Å². The number of hydrogen-bond donors (Lipinski definition) is 4. The van der Waals surface area contributed by atoms with Gasteiger partial charge in [0, 0.05) is 41.4 Å². The highest BCUT2D eigenvalue weighted by molar-refractivity contribution is 5.92. The van der Waals surface area contributed by atoms with Gasteiger partial charge in [0.05, 0.1) is 11.7 Å². The number of likely N-dealkylation sites (tertiary alicyclic amines) is 1. The monoisotopic (exact) mass is 462 g/mol. The molecule has 178 valence electrons. The highest BCUT2D eigenvalue weighted by Crippen LogP contribution is 2.65. The summed E-state index contributed by atoms with van der Waals surface area (Å²) in [5.74, 6) is 2.01. The number of carbonyl (C=O) groups is 2. The number of anilines is 1. The van der Waals surface area contributed by atoms with Crippen LogP contribution in [0.15, 0.2) is 24.4 Å². The molecular formula is C26H30N4O4. The van der Waals surface area contributed by atoms with Crippen LogP contribution in [0, 0.1) is 11.8 Å². The molecule has 4 N–H and O–H groups in total. The number of piperidine rings is 1. The number of phenols is 1. The number of aromatic hydroxyl groups is 1. The highest BCUT2D eigenvalue weighted by Gasteiger charge is 2.66. The fourth-order valence-electron chi connectivity index (χ4n) is 7.60. The zero-order valence-electron chi connectivity index (χ0n) is 19.0. The van der Waals surface area contributed by atoms with Crippen molar-refractivity contribution in [2.24, 2.45) is 11.8 Å². The molecule has 0 radical (unpaired) electrons. The number of aromatic amines is 1. The molecule has 1 spiro atoms. The number of nitrogens with one attached hydrogen (secondary N) is 3. The average Bonchev–Trinajstić information content (AvgIpc) is 3.33. The second-order valence-corrected chi connectivity index (χ2v) is 10.8. The number of benzene rings is 1. The van der Waals surface area contributed by atoms with E-state index in [9.17, 15) is 14.7 Å². The topological polar surface area (TPSA) is 107 Å². The normalized spacial score (nSPS) is 33.1. The van der Waals surface area contributed by atoms with Crippen molar-refractivity contribution in [3.63, 3.8) is 0 Å². The summed E-state index contributed by atoms with van der Waals surface area (Å²) in [6.07, 6.45) is 8.41. The van der Waals surface area contributed by atoms with Crippen LogP contribution in [0.25, 0.3) is 0 Å². The van der Waals surface area contributed by atoms with E-state index >= 15 is 0 Å². The van der Waals surface area contributed by atoms with Gasteiger partial charge in [-0.1, -0.05) is 0 Å². The number of aromatic nitrogens is 1. The second kappa shape index (κ2) is 7.25. The van der Waals surface area contributed by atoms with Crippen LogP contribution in [-0.2, 0) is 16.6 Å². The van der Waals surface area contributed by atoms with Crippen LogP contribution < -0.4 is 15.4 Å². The molecule has 5 aliphatic rings. The molecule has 2 bridgehead atoms. The maximum Gasteiger partial charge on any atom is 0.268 e. The zero-order valence-corrected chi connectivity index (χ0v) is 19.0. The molecule has 8 nitrogen and oxygen atoms in total. The molecular weight excluding hydrogens is 432 g/mol. The van der Waals surface area contributed by atoms with E-state index in [-0.39, 0.29) is 29.2 Å². The third kappa shape index (κ3) is 2.75. The molecule has 3 fully saturated rings. The molecule has 2 amide bonds. The Morgan fingerprint density at radius 2 is 2.21 bits per heavy atom. The number of amides is 2. The van der Waals surface area contributed by atoms with E-state index in [0.717, 1.165) is 55.8 Å². The Kier molecular flexibility index (Phi) is 4.34. The largest absolute Gasteiger partial charge is 0.508 e. The molecule has 34 heavy (non-hydrogen) atoms. The lowest BCUT2D eigenvalue weighted by molar-refractivity contribution is -0.105. The summed E-state index contributed by atoms with van der Waals surface area (Å²) in [5, 5.41) is 17.1. The van der Waals surface area contributed by atoms with E-state index in [1.165, 1.54) is 12.8 Å². The van der Waals surface area contributed by atoms with Crippen LogP contribution >= 0.6 is 0 Å². The van der Waals surface area contributed by atoms with Crippen LogP contribution in [-0.4, -0.2) is 58.6 Å². The van der Waals surface area contributed by atoms with Gasteiger partial charge in [-0.15, -0.1) is 0 Å². The van der Waals surface area contributed by atoms with Crippen molar-refractivity contribution in [2.45, 2.75) is 62.1 Å². The van der Waals surface area contributed by atoms with Crippen molar-refractivity contribution in [3.8, 4) is 11.5 Å². The Labute approximate surface area is 198 Å². The summed E-state index contributed by atoms with van der Waals surface area (Å²) in [4.78, 5) is 30.0. The molecule has 1 aromatic heterocycles. The van der Waals surface area contributed by atoms with Crippen LogP contribution in [0.1, 0.15) is 53.7 Å². The van der Waals surface area contributed by atoms with Gasteiger partial charge in [-0.25, -0.2) is 0 Å². The minimum Gasteiger partial charge on any atom is -0.508 e. The van der Waals surface area contributed by atoms with Gasteiger partial charge in [-0.05, 0) is 69.0 Å². The quantitative estimate of drug-likeness (QED) is 0.494. The molecule has 8 heteroatoms. The van der Waals surface area contributed by atoms with Crippen molar-refractivity contribution in [3.05, 3.63) is 41.2 Å². The van der Waals surface area contributed by atoms with E-state index < -0.39 is 0 Å². The zero-order chi connectivity index (χ0) is 23.0. The first-order valence-electron chi connectivity index (χ1n) is 12.5. The van der Waals surface area contributed by atoms with Gasteiger partial charge in [0.15, 0.2) is 0 Å². The Hall–Kier alpha value is -3.00. The van der Waals surface area contributed by atoms with E-state index in [4.69, 9.17) is 4.74 Å². The van der Waals surface area contributed by atoms with Gasteiger partial charge < -0.3 is 25.5 Å². The van der Waals surface area contributed by atoms with Gasteiger partial charge in [0.2, 0.25) is 6.41 Å². The van der Waals surface area contributed by atoms with Gasteiger partial charge in [0.25, 0.3) is 5.91 Å². The summed E-state index contributed by atoms with van der Waals surface area (Å²) >= 11 is 0. The van der Waals surface area contributed by atoms with Crippen molar-refractivity contribution >= 4 is 18.0 Å². The fraction of sp³-hybridized carbons (Fsp3) is 0.538. The highest BCUT2D eigenvalue weighted by atomic mass is 16.5. The van der Waals surface area contributed by atoms with E-state index in [0.29, 0.717) is 35.5 Å². The van der Waals surface area contributed by atoms with Crippen molar-refractivity contribution in [1.82, 2.24) is 15.2 Å². The predicted molar refractivity (Wildman–Crippen MR) is 125 cm³/mol. The number of phenolic OH excluding ortho intramolecular Hbond substituents is 1. The number of hydrogen-bond acceptors (Lipinski definition) is 5. The van der Waals surface area contributed by atoms with Gasteiger partial charge >= 0.3 is 0 Å².